The molecule has 0 saturated carbocycles. The summed E-state index contributed by atoms with van der Waals surface area (Å²) >= 11 is 1.55. The van der Waals surface area contributed by atoms with Crippen LogP contribution in [-0.4, -0.2) is 42.1 Å². The van der Waals surface area contributed by atoms with Gasteiger partial charge in [0.15, 0.2) is 5.84 Å². The van der Waals surface area contributed by atoms with Gasteiger partial charge in [0.1, 0.15) is 0 Å². The molecule has 0 spiro atoms. The second kappa shape index (κ2) is 7.91. The third-order valence-electron chi connectivity index (χ3n) is 2.79. The number of hydrogen-bond donors (Lipinski definition) is 3. The fraction of sp³-hybridized carbons (Fsp3) is 0.462. The van der Waals surface area contributed by atoms with E-state index >= 15 is 0 Å². The number of nitrogens with two attached hydrogens (primary N) is 1. The largest absolute Gasteiger partial charge is 0.409 e. The van der Waals surface area contributed by atoms with Crippen molar-refractivity contribution < 1.29 is 10.3 Å². The lowest BCUT2D eigenvalue weighted by Crippen LogP contribution is -2.30. The lowest BCUT2D eigenvalue weighted by molar-refractivity contribution is 0.302. The zero-order chi connectivity index (χ0) is 14.3. The molecule has 1 rings (SSSR count). The van der Waals surface area contributed by atoms with Gasteiger partial charge < -0.3 is 20.9 Å². The normalized spacial score (nSPS) is 11.6. The molecule has 4 N–H and O–H groups in total. The van der Waals surface area contributed by atoms with E-state index in [1.54, 1.807) is 11.8 Å². The predicted octanol–water partition coefficient (Wildman–Crippen LogP) is 1.71. The van der Waals surface area contributed by atoms with Gasteiger partial charge in [0, 0.05) is 23.7 Å². The summed E-state index contributed by atoms with van der Waals surface area (Å²) in [5.41, 5.74) is 7.41. The van der Waals surface area contributed by atoms with Gasteiger partial charge in [-0.1, -0.05) is 18.1 Å². The van der Waals surface area contributed by atoms with E-state index in [0.29, 0.717) is 6.54 Å². The maximum atomic E-state index is 9.18. The summed E-state index contributed by atoms with van der Waals surface area (Å²) in [6, 6.07) is 5.80. The van der Waals surface area contributed by atoms with E-state index in [1.165, 1.54) is 0 Å². The third kappa shape index (κ3) is 3.78. The second-order valence-corrected chi connectivity index (χ2v) is 4.90. The fourth-order valence-corrected chi connectivity index (χ4v) is 2.63. The van der Waals surface area contributed by atoms with Crippen LogP contribution in [0, 0.1) is 0 Å². The van der Waals surface area contributed by atoms with Crippen LogP contribution in [0.25, 0.3) is 0 Å². The van der Waals surface area contributed by atoms with Gasteiger partial charge in [0.05, 0.1) is 12.2 Å². The summed E-state index contributed by atoms with van der Waals surface area (Å²) in [7, 11) is 0. The molecule has 0 bridgehead atoms. The molecule has 6 heteroatoms. The van der Waals surface area contributed by atoms with Crippen LogP contribution in [-0.2, 0) is 0 Å². The summed E-state index contributed by atoms with van der Waals surface area (Å²) in [4.78, 5) is 3.00. The number of oxime groups is 1. The molecule has 0 aromatic heterocycles. The molecule has 0 aliphatic heterocycles. The molecule has 0 heterocycles. The highest BCUT2D eigenvalue weighted by atomic mass is 32.2. The Morgan fingerprint density at radius 1 is 1.42 bits per heavy atom. The average molecular weight is 283 g/mol. The van der Waals surface area contributed by atoms with Crippen molar-refractivity contribution in [2.75, 3.05) is 30.9 Å². The third-order valence-corrected chi connectivity index (χ3v) is 3.57. The molecule has 0 amide bonds. The number of aliphatic hydroxyl groups is 1. The first-order valence-corrected chi connectivity index (χ1v) is 7.42. The molecule has 1 aromatic rings. The van der Waals surface area contributed by atoms with E-state index in [-0.39, 0.29) is 12.4 Å². The van der Waals surface area contributed by atoms with Crippen LogP contribution in [0.15, 0.2) is 28.3 Å². The highest BCUT2D eigenvalue weighted by Crippen LogP contribution is 2.29. The second-order valence-electron chi connectivity index (χ2n) is 4.05. The molecular weight excluding hydrogens is 262 g/mol. The minimum atomic E-state index is 0.0686. The maximum Gasteiger partial charge on any atom is 0.173 e. The Balaban J connectivity index is 3.31. The Kier molecular flexibility index (Phi) is 6.52. The number of aliphatic hydroxyl groups excluding tert-OH is 1. The van der Waals surface area contributed by atoms with Crippen LogP contribution < -0.4 is 10.6 Å². The molecule has 19 heavy (non-hydrogen) atoms. The van der Waals surface area contributed by atoms with Crippen LogP contribution in [0.3, 0.4) is 0 Å². The van der Waals surface area contributed by atoms with Gasteiger partial charge in [-0.15, -0.1) is 11.8 Å². The van der Waals surface area contributed by atoms with E-state index in [4.69, 9.17) is 10.9 Å². The number of hydrogen-bond acceptors (Lipinski definition) is 5. The van der Waals surface area contributed by atoms with Crippen molar-refractivity contribution in [2.45, 2.75) is 18.2 Å². The minimum absolute atomic E-state index is 0.0686. The molecular formula is C13H21N3O2S. The van der Waals surface area contributed by atoms with Gasteiger partial charge in [-0.25, -0.2) is 0 Å². The van der Waals surface area contributed by atoms with Gasteiger partial charge >= 0.3 is 0 Å². The van der Waals surface area contributed by atoms with Crippen LogP contribution in [0.4, 0.5) is 5.69 Å². The van der Waals surface area contributed by atoms with Gasteiger partial charge in [-0.3, -0.25) is 0 Å². The summed E-state index contributed by atoms with van der Waals surface area (Å²) < 4.78 is 0. The molecule has 0 atom stereocenters. The highest BCUT2D eigenvalue weighted by molar-refractivity contribution is 7.98. The van der Waals surface area contributed by atoms with E-state index in [2.05, 4.69) is 12.1 Å². The standard InChI is InChI=1S/C13H21N3O2S/c1-3-7-16(8-9-17)10-5-4-6-11(19-2)12(10)13(14)15-18/h4-6,17-18H,3,7-9H2,1-2H3,(H2,14,15). The van der Waals surface area contributed by atoms with Crippen molar-refractivity contribution in [3.63, 3.8) is 0 Å². The van der Waals surface area contributed by atoms with E-state index in [9.17, 15) is 5.11 Å². The Hall–Kier alpha value is -1.40. The number of amidine groups is 1. The summed E-state index contributed by atoms with van der Waals surface area (Å²) in [6.45, 7) is 3.48. The van der Waals surface area contributed by atoms with Crippen molar-refractivity contribution in [1.82, 2.24) is 0 Å². The Morgan fingerprint density at radius 2 is 2.16 bits per heavy atom. The summed E-state index contributed by atoms with van der Waals surface area (Å²) in [6.07, 6.45) is 2.91. The zero-order valence-corrected chi connectivity index (χ0v) is 12.2. The van der Waals surface area contributed by atoms with Crippen molar-refractivity contribution in [3.05, 3.63) is 23.8 Å². The van der Waals surface area contributed by atoms with E-state index < -0.39 is 0 Å². The Labute approximate surface area is 118 Å². The maximum absolute atomic E-state index is 9.18. The SMILES string of the molecule is CCCN(CCO)c1cccc(SC)c1/C(N)=N/O. The van der Waals surface area contributed by atoms with Crippen molar-refractivity contribution >= 4 is 23.3 Å². The van der Waals surface area contributed by atoms with Crippen molar-refractivity contribution in [1.29, 1.82) is 0 Å². The van der Waals surface area contributed by atoms with Gasteiger partial charge in [-0.05, 0) is 24.8 Å². The highest BCUT2D eigenvalue weighted by Gasteiger charge is 2.16. The average Bonchev–Trinajstić information content (AvgIpc) is 2.45. The smallest absolute Gasteiger partial charge is 0.173 e. The molecule has 5 nitrogen and oxygen atoms in total. The lowest BCUT2D eigenvalue weighted by Gasteiger charge is -2.26. The first-order valence-electron chi connectivity index (χ1n) is 6.20. The number of nitrogens with zero attached hydrogens (tertiary/aromatic N) is 2. The number of thioether (sulfide) groups is 1. The Morgan fingerprint density at radius 3 is 2.68 bits per heavy atom. The zero-order valence-electron chi connectivity index (χ0n) is 11.3. The first kappa shape index (κ1) is 15.7. The molecule has 0 aliphatic carbocycles. The molecule has 1 aromatic carbocycles. The molecule has 0 radical (unpaired) electrons. The van der Waals surface area contributed by atoms with Gasteiger partial charge in [0.2, 0.25) is 0 Å². The van der Waals surface area contributed by atoms with Crippen LogP contribution in [0.2, 0.25) is 0 Å². The quantitative estimate of drug-likeness (QED) is 0.233. The molecule has 0 aliphatic rings. The molecule has 0 fully saturated rings. The topological polar surface area (TPSA) is 82.1 Å². The number of benzene rings is 1. The molecule has 0 unspecified atom stereocenters. The molecule has 106 valence electrons. The summed E-state index contributed by atoms with van der Waals surface area (Å²) in [5, 5.41) is 21.3. The van der Waals surface area contributed by atoms with Gasteiger partial charge in [-0.2, -0.15) is 0 Å². The van der Waals surface area contributed by atoms with Crippen molar-refractivity contribution in [3.8, 4) is 0 Å². The fourth-order valence-electron chi connectivity index (χ4n) is 2.00. The number of anilines is 1. The number of rotatable bonds is 7. The first-order chi connectivity index (χ1) is 9.19. The monoisotopic (exact) mass is 283 g/mol. The Bertz CT molecular complexity index is 432. The minimum Gasteiger partial charge on any atom is -0.409 e. The van der Waals surface area contributed by atoms with Crippen LogP contribution in [0.5, 0.6) is 0 Å². The van der Waals surface area contributed by atoms with Crippen LogP contribution in [0.1, 0.15) is 18.9 Å². The van der Waals surface area contributed by atoms with E-state index in [0.717, 1.165) is 29.1 Å². The van der Waals surface area contributed by atoms with E-state index in [1.807, 2.05) is 29.4 Å². The summed E-state index contributed by atoms with van der Waals surface area (Å²) in [5.74, 6) is 0.0963. The van der Waals surface area contributed by atoms with Crippen LogP contribution >= 0.6 is 11.8 Å². The predicted molar refractivity (Wildman–Crippen MR) is 80.3 cm³/mol. The van der Waals surface area contributed by atoms with Gasteiger partial charge in [0.25, 0.3) is 0 Å². The van der Waals surface area contributed by atoms with Crippen molar-refractivity contribution in [2.24, 2.45) is 10.9 Å². The lowest BCUT2D eigenvalue weighted by atomic mass is 10.1. The molecule has 0 saturated heterocycles.